The molecule has 9 heteroatoms. The fourth-order valence-corrected chi connectivity index (χ4v) is 3.65. The van der Waals surface area contributed by atoms with Gasteiger partial charge in [0, 0.05) is 43.4 Å². The summed E-state index contributed by atoms with van der Waals surface area (Å²) in [6.07, 6.45) is 0. The standard InChI is InChI=1S/C27H28N4O5/c1-34-16-17-36-27-29-23(25(32)24(30-27)26(28)33)22-10-8-20(9-11-22)3-2-19-4-6-21(7-5-19)18-31-12-14-35-15-13-31/h4-11,32H,12-18H2,1H3,(H2,28,33). The van der Waals surface area contributed by atoms with Crippen molar-refractivity contribution >= 4 is 5.91 Å². The maximum Gasteiger partial charge on any atom is 0.318 e. The lowest BCUT2D eigenvalue weighted by molar-refractivity contribution is 0.0342. The van der Waals surface area contributed by atoms with E-state index in [0.29, 0.717) is 12.2 Å². The van der Waals surface area contributed by atoms with E-state index in [1.807, 2.05) is 24.3 Å². The molecule has 0 aliphatic carbocycles. The molecular weight excluding hydrogens is 460 g/mol. The summed E-state index contributed by atoms with van der Waals surface area (Å²) in [7, 11) is 1.54. The monoisotopic (exact) mass is 488 g/mol. The zero-order valence-electron chi connectivity index (χ0n) is 20.1. The van der Waals surface area contributed by atoms with Gasteiger partial charge in [-0.05, 0) is 29.8 Å². The highest BCUT2D eigenvalue weighted by atomic mass is 16.5. The Bertz CT molecular complexity index is 1240. The predicted octanol–water partition coefficient (Wildman–Crippen LogP) is 2.21. The smallest absolute Gasteiger partial charge is 0.318 e. The molecule has 0 atom stereocenters. The number of nitrogens with zero attached hydrogens (tertiary/aromatic N) is 3. The number of carbonyl (C=O) groups excluding carboxylic acids is 1. The number of rotatable bonds is 8. The zero-order valence-corrected chi connectivity index (χ0v) is 20.1. The lowest BCUT2D eigenvalue weighted by Gasteiger charge is -2.26. The topological polar surface area (TPSA) is 120 Å². The van der Waals surface area contributed by atoms with Crippen molar-refractivity contribution in [3.8, 4) is 34.9 Å². The van der Waals surface area contributed by atoms with Crippen LogP contribution in [0.25, 0.3) is 11.3 Å². The van der Waals surface area contributed by atoms with E-state index < -0.39 is 11.7 Å². The van der Waals surface area contributed by atoms with E-state index >= 15 is 0 Å². The second kappa shape index (κ2) is 12.1. The van der Waals surface area contributed by atoms with Crippen LogP contribution >= 0.6 is 0 Å². The number of morpholine rings is 1. The normalized spacial score (nSPS) is 13.6. The van der Waals surface area contributed by atoms with Gasteiger partial charge in [0.05, 0.1) is 19.8 Å². The van der Waals surface area contributed by atoms with Gasteiger partial charge in [-0.2, -0.15) is 9.97 Å². The minimum atomic E-state index is -0.883. The molecule has 4 rings (SSSR count). The van der Waals surface area contributed by atoms with E-state index in [4.69, 9.17) is 19.9 Å². The Labute approximate surface area is 209 Å². The summed E-state index contributed by atoms with van der Waals surface area (Å²) in [4.78, 5) is 22.3. The summed E-state index contributed by atoms with van der Waals surface area (Å²) < 4.78 is 15.8. The average Bonchev–Trinajstić information content (AvgIpc) is 2.90. The van der Waals surface area contributed by atoms with E-state index in [-0.39, 0.29) is 24.0 Å². The molecule has 3 aromatic rings. The Morgan fingerprint density at radius 1 is 1.03 bits per heavy atom. The Hall–Kier alpha value is -3.97. The van der Waals surface area contributed by atoms with E-state index in [0.717, 1.165) is 44.0 Å². The van der Waals surface area contributed by atoms with Crippen LogP contribution in [0.15, 0.2) is 48.5 Å². The maximum absolute atomic E-state index is 11.7. The quantitative estimate of drug-likeness (QED) is 0.366. The number of carbonyl (C=O) groups is 1. The number of aromatic nitrogens is 2. The number of benzene rings is 2. The van der Waals surface area contributed by atoms with Crippen molar-refractivity contribution in [2.24, 2.45) is 5.73 Å². The summed E-state index contributed by atoms with van der Waals surface area (Å²) in [5, 5.41) is 10.5. The van der Waals surface area contributed by atoms with Crippen LogP contribution in [0.3, 0.4) is 0 Å². The van der Waals surface area contributed by atoms with E-state index in [1.165, 1.54) is 12.7 Å². The minimum absolute atomic E-state index is 0.0745. The first kappa shape index (κ1) is 25.1. The molecule has 1 amide bonds. The highest BCUT2D eigenvalue weighted by molar-refractivity contribution is 5.95. The first-order chi connectivity index (χ1) is 17.5. The van der Waals surface area contributed by atoms with Gasteiger partial charge in [-0.15, -0.1) is 0 Å². The number of aromatic hydroxyl groups is 1. The third-order valence-electron chi connectivity index (χ3n) is 5.59. The average molecular weight is 489 g/mol. The zero-order chi connectivity index (χ0) is 25.3. The minimum Gasteiger partial charge on any atom is -0.504 e. The molecule has 1 saturated heterocycles. The molecule has 36 heavy (non-hydrogen) atoms. The third kappa shape index (κ3) is 6.58. The van der Waals surface area contributed by atoms with Crippen molar-refractivity contribution in [1.29, 1.82) is 0 Å². The number of hydrogen-bond donors (Lipinski definition) is 2. The van der Waals surface area contributed by atoms with Gasteiger partial charge in [0.25, 0.3) is 5.91 Å². The van der Waals surface area contributed by atoms with Gasteiger partial charge in [-0.1, -0.05) is 36.1 Å². The van der Waals surface area contributed by atoms with E-state index in [1.54, 1.807) is 12.1 Å². The molecule has 0 unspecified atom stereocenters. The number of nitrogens with two attached hydrogens (primary N) is 1. The first-order valence-corrected chi connectivity index (χ1v) is 11.6. The summed E-state index contributed by atoms with van der Waals surface area (Å²) in [5.74, 6) is 5.03. The molecule has 2 heterocycles. The molecule has 0 spiro atoms. The Kier molecular flexibility index (Phi) is 8.47. The van der Waals surface area contributed by atoms with Crippen LogP contribution in [-0.4, -0.2) is 72.5 Å². The number of methoxy groups -OCH3 is 1. The molecule has 2 aromatic carbocycles. The molecule has 1 aromatic heterocycles. The van der Waals surface area contributed by atoms with Crippen LogP contribution in [-0.2, 0) is 16.0 Å². The molecule has 9 nitrogen and oxygen atoms in total. The molecule has 1 fully saturated rings. The SMILES string of the molecule is COCCOc1nc(C(N)=O)c(O)c(-c2ccc(C#Cc3ccc(CN4CCOCC4)cc3)cc2)n1. The van der Waals surface area contributed by atoms with Crippen molar-refractivity contribution in [2.75, 3.05) is 46.6 Å². The van der Waals surface area contributed by atoms with Crippen molar-refractivity contribution in [3.63, 3.8) is 0 Å². The largest absolute Gasteiger partial charge is 0.504 e. The Morgan fingerprint density at radius 2 is 1.67 bits per heavy atom. The fraction of sp³-hybridized carbons (Fsp3) is 0.296. The molecule has 1 aliphatic heterocycles. The van der Waals surface area contributed by atoms with Crippen LogP contribution < -0.4 is 10.5 Å². The Morgan fingerprint density at radius 3 is 2.28 bits per heavy atom. The van der Waals surface area contributed by atoms with Crippen LogP contribution in [0.5, 0.6) is 11.8 Å². The van der Waals surface area contributed by atoms with Gasteiger partial charge in [-0.3, -0.25) is 9.69 Å². The second-order valence-corrected chi connectivity index (χ2v) is 8.17. The summed E-state index contributed by atoms with van der Waals surface area (Å²) in [5.41, 5.74) is 8.71. The van der Waals surface area contributed by atoms with Gasteiger partial charge in [0.2, 0.25) is 0 Å². The first-order valence-electron chi connectivity index (χ1n) is 11.6. The number of amides is 1. The molecule has 0 saturated carbocycles. The maximum atomic E-state index is 11.7. The fourth-order valence-electron chi connectivity index (χ4n) is 3.65. The van der Waals surface area contributed by atoms with Crippen LogP contribution in [0.4, 0.5) is 0 Å². The van der Waals surface area contributed by atoms with Crippen molar-refractivity contribution in [1.82, 2.24) is 14.9 Å². The van der Waals surface area contributed by atoms with Gasteiger partial charge < -0.3 is 25.1 Å². The van der Waals surface area contributed by atoms with Gasteiger partial charge >= 0.3 is 6.01 Å². The van der Waals surface area contributed by atoms with E-state index in [2.05, 4.69) is 38.8 Å². The summed E-state index contributed by atoms with van der Waals surface area (Å²) in [6.45, 7) is 4.89. The number of primary amides is 1. The number of ether oxygens (including phenoxy) is 3. The second-order valence-electron chi connectivity index (χ2n) is 8.17. The molecule has 3 N–H and O–H groups in total. The Balaban J connectivity index is 1.47. The predicted molar refractivity (Wildman–Crippen MR) is 134 cm³/mol. The van der Waals surface area contributed by atoms with Crippen LogP contribution in [0.2, 0.25) is 0 Å². The molecular formula is C27H28N4O5. The van der Waals surface area contributed by atoms with Gasteiger partial charge in [-0.25, -0.2) is 0 Å². The lowest BCUT2D eigenvalue weighted by atomic mass is 10.1. The summed E-state index contributed by atoms with van der Waals surface area (Å²) in [6, 6.07) is 15.3. The van der Waals surface area contributed by atoms with Crippen molar-refractivity contribution in [2.45, 2.75) is 6.54 Å². The molecule has 0 radical (unpaired) electrons. The third-order valence-corrected chi connectivity index (χ3v) is 5.59. The lowest BCUT2D eigenvalue weighted by Crippen LogP contribution is -2.35. The highest BCUT2D eigenvalue weighted by Crippen LogP contribution is 2.31. The molecule has 1 aliphatic rings. The van der Waals surface area contributed by atoms with E-state index in [9.17, 15) is 9.90 Å². The highest BCUT2D eigenvalue weighted by Gasteiger charge is 2.19. The van der Waals surface area contributed by atoms with Crippen molar-refractivity contribution < 1.29 is 24.1 Å². The van der Waals surface area contributed by atoms with Crippen LogP contribution in [0.1, 0.15) is 27.2 Å². The van der Waals surface area contributed by atoms with Crippen molar-refractivity contribution in [3.05, 3.63) is 70.9 Å². The number of hydrogen-bond acceptors (Lipinski definition) is 8. The molecule has 186 valence electrons. The molecule has 0 bridgehead atoms. The van der Waals surface area contributed by atoms with Gasteiger partial charge in [0.1, 0.15) is 12.3 Å². The van der Waals surface area contributed by atoms with Crippen LogP contribution in [0, 0.1) is 11.8 Å². The van der Waals surface area contributed by atoms with Gasteiger partial charge in [0.15, 0.2) is 11.4 Å². The summed E-state index contributed by atoms with van der Waals surface area (Å²) >= 11 is 0.